The molecule has 2 aromatic rings. The Labute approximate surface area is 110 Å². The second-order valence-corrected chi connectivity index (χ2v) is 4.70. The smallest absolute Gasteiger partial charge is 0.243 e. The zero-order valence-corrected chi connectivity index (χ0v) is 10.7. The van der Waals surface area contributed by atoms with Crippen LogP contribution in [-0.4, -0.2) is 38.1 Å². The molecule has 3 N–H and O–H groups in total. The van der Waals surface area contributed by atoms with Gasteiger partial charge in [-0.05, 0) is 18.8 Å². The molecule has 0 saturated heterocycles. The van der Waals surface area contributed by atoms with Gasteiger partial charge in [-0.2, -0.15) is 15.0 Å². The summed E-state index contributed by atoms with van der Waals surface area (Å²) in [6.07, 6.45) is 7.66. The maximum absolute atomic E-state index is 5.41. The molecule has 19 heavy (non-hydrogen) atoms. The van der Waals surface area contributed by atoms with Crippen molar-refractivity contribution >= 4 is 11.9 Å². The molecule has 1 fully saturated rings. The second-order valence-electron chi connectivity index (χ2n) is 4.70. The van der Waals surface area contributed by atoms with Crippen molar-refractivity contribution in [2.24, 2.45) is 11.8 Å². The average Bonchev–Trinajstić information content (AvgIpc) is 3.08. The number of aromatic nitrogens is 5. The Morgan fingerprint density at radius 2 is 2.26 bits per heavy atom. The van der Waals surface area contributed by atoms with Crippen LogP contribution in [0.4, 0.5) is 11.9 Å². The van der Waals surface area contributed by atoms with E-state index in [1.807, 2.05) is 11.9 Å². The highest BCUT2D eigenvalue weighted by atomic mass is 15.4. The molecular formula is C11H16N8. The molecule has 0 atom stereocenters. The van der Waals surface area contributed by atoms with Gasteiger partial charge in [0.1, 0.15) is 6.33 Å². The fraction of sp³-hybridized carbons (Fsp3) is 0.455. The first kappa shape index (κ1) is 11.8. The van der Waals surface area contributed by atoms with E-state index in [0.29, 0.717) is 17.8 Å². The van der Waals surface area contributed by atoms with E-state index in [0.717, 1.165) is 12.5 Å². The zero-order chi connectivity index (χ0) is 13.2. The van der Waals surface area contributed by atoms with Crippen molar-refractivity contribution in [3.05, 3.63) is 18.7 Å². The number of nitrogen functional groups attached to an aromatic ring is 1. The highest BCUT2D eigenvalue weighted by Gasteiger charge is 2.24. The maximum atomic E-state index is 5.41. The van der Waals surface area contributed by atoms with E-state index in [4.69, 9.17) is 5.84 Å². The van der Waals surface area contributed by atoms with Gasteiger partial charge in [0.2, 0.25) is 17.8 Å². The topological polar surface area (TPSA) is 97.8 Å². The molecule has 0 aliphatic heterocycles. The minimum atomic E-state index is 0.344. The molecule has 3 rings (SSSR count). The van der Waals surface area contributed by atoms with Gasteiger partial charge >= 0.3 is 0 Å². The lowest BCUT2D eigenvalue weighted by atomic mass is 10.4. The monoisotopic (exact) mass is 260 g/mol. The van der Waals surface area contributed by atoms with Crippen LogP contribution in [0.25, 0.3) is 5.95 Å². The van der Waals surface area contributed by atoms with Crippen LogP contribution in [-0.2, 0) is 0 Å². The SMILES string of the molecule is CN(CC1CC1)c1nc(NN)nc(-n2ccnc2)n1. The van der Waals surface area contributed by atoms with E-state index in [-0.39, 0.29) is 0 Å². The lowest BCUT2D eigenvalue weighted by Crippen LogP contribution is -2.24. The van der Waals surface area contributed by atoms with Crippen LogP contribution < -0.4 is 16.2 Å². The summed E-state index contributed by atoms with van der Waals surface area (Å²) in [5, 5.41) is 0. The molecule has 8 nitrogen and oxygen atoms in total. The zero-order valence-electron chi connectivity index (χ0n) is 10.7. The third kappa shape index (κ3) is 2.63. The molecule has 8 heteroatoms. The molecule has 2 heterocycles. The average molecular weight is 260 g/mol. The fourth-order valence-electron chi connectivity index (χ4n) is 1.85. The largest absolute Gasteiger partial charge is 0.343 e. The van der Waals surface area contributed by atoms with E-state index >= 15 is 0 Å². The highest BCUT2D eigenvalue weighted by Crippen LogP contribution is 2.30. The molecule has 0 radical (unpaired) electrons. The standard InChI is InChI=1S/C11H16N8/c1-18(6-8-2-3-8)10-14-9(17-12)15-11(16-10)19-5-4-13-7-19/h4-5,7-8H,2-3,6,12H2,1H3,(H,14,15,16,17). The van der Waals surface area contributed by atoms with Gasteiger partial charge in [-0.15, -0.1) is 0 Å². The summed E-state index contributed by atoms with van der Waals surface area (Å²) in [7, 11) is 1.98. The number of nitrogens with one attached hydrogen (secondary N) is 1. The Bertz CT molecular complexity index is 548. The Kier molecular flexibility index (Phi) is 3.00. The van der Waals surface area contributed by atoms with E-state index in [2.05, 4.69) is 25.4 Å². The molecule has 0 amide bonds. The first-order valence-electron chi connectivity index (χ1n) is 6.18. The number of hydrogen-bond acceptors (Lipinski definition) is 7. The molecule has 0 unspecified atom stereocenters. The van der Waals surface area contributed by atoms with Crippen molar-refractivity contribution in [3.8, 4) is 5.95 Å². The number of imidazole rings is 1. The third-order valence-corrected chi connectivity index (χ3v) is 3.05. The fourth-order valence-corrected chi connectivity index (χ4v) is 1.85. The normalized spacial score (nSPS) is 14.4. The number of hydrogen-bond donors (Lipinski definition) is 2. The number of anilines is 2. The molecular weight excluding hydrogens is 244 g/mol. The maximum Gasteiger partial charge on any atom is 0.243 e. The van der Waals surface area contributed by atoms with Crippen LogP contribution in [0.3, 0.4) is 0 Å². The van der Waals surface area contributed by atoms with E-state index in [1.165, 1.54) is 12.8 Å². The van der Waals surface area contributed by atoms with Crippen LogP contribution in [0.5, 0.6) is 0 Å². The molecule has 0 aromatic carbocycles. The van der Waals surface area contributed by atoms with Crippen molar-refractivity contribution in [2.75, 3.05) is 23.9 Å². The Morgan fingerprint density at radius 1 is 1.42 bits per heavy atom. The van der Waals surface area contributed by atoms with Crippen LogP contribution in [0, 0.1) is 5.92 Å². The van der Waals surface area contributed by atoms with Gasteiger partial charge in [0.05, 0.1) is 0 Å². The van der Waals surface area contributed by atoms with Crippen molar-refractivity contribution in [2.45, 2.75) is 12.8 Å². The molecule has 1 aliphatic rings. The predicted octanol–water partition coefficient (Wildman–Crippen LogP) is 0.189. The summed E-state index contributed by atoms with van der Waals surface area (Å²) >= 11 is 0. The van der Waals surface area contributed by atoms with E-state index in [9.17, 15) is 0 Å². The molecule has 1 aliphatic carbocycles. The van der Waals surface area contributed by atoms with Crippen LogP contribution in [0.15, 0.2) is 18.7 Å². The first-order chi connectivity index (χ1) is 9.26. The second kappa shape index (κ2) is 4.81. The number of hydrazine groups is 1. The van der Waals surface area contributed by atoms with Crippen LogP contribution in [0.2, 0.25) is 0 Å². The van der Waals surface area contributed by atoms with Gasteiger partial charge in [0.25, 0.3) is 0 Å². The molecule has 1 saturated carbocycles. The van der Waals surface area contributed by atoms with Crippen molar-refractivity contribution in [1.29, 1.82) is 0 Å². The molecule has 0 bridgehead atoms. The summed E-state index contributed by atoms with van der Waals surface area (Å²) in [5.41, 5.74) is 2.47. The summed E-state index contributed by atoms with van der Waals surface area (Å²) in [6, 6.07) is 0. The van der Waals surface area contributed by atoms with Gasteiger partial charge < -0.3 is 4.90 Å². The summed E-state index contributed by atoms with van der Waals surface area (Å²) in [6.45, 7) is 0.956. The molecule has 100 valence electrons. The minimum Gasteiger partial charge on any atom is -0.343 e. The van der Waals surface area contributed by atoms with Crippen molar-refractivity contribution < 1.29 is 0 Å². The quantitative estimate of drug-likeness (QED) is 0.585. The Hall–Kier alpha value is -2.22. The van der Waals surface area contributed by atoms with Gasteiger partial charge in [-0.25, -0.2) is 10.8 Å². The van der Waals surface area contributed by atoms with Gasteiger partial charge in [-0.1, -0.05) is 0 Å². The van der Waals surface area contributed by atoms with Crippen molar-refractivity contribution in [3.63, 3.8) is 0 Å². The molecule has 2 aromatic heterocycles. The lowest BCUT2D eigenvalue weighted by molar-refractivity contribution is 0.753. The summed E-state index contributed by atoms with van der Waals surface area (Å²) in [5.74, 6) is 7.62. The predicted molar refractivity (Wildman–Crippen MR) is 70.8 cm³/mol. The lowest BCUT2D eigenvalue weighted by Gasteiger charge is -2.17. The van der Waals surface area contributed by atoms with E-state index in [1.54, 1.807) is 23.3 Å². The molecule has 0 spiro atoms. The summed E-state index contributed by atoms with van der Waals surface area (Å²) in [4.78, 5) is 18.9. The van der Waals surface area contributed by atoms with Gasteiger partial charge in [0.15, 0.2) is 0 Å². The van der Waals surface area contributed by atoms with Gasteiger partial charge in [-0.3, -0.25) is 9.99 Å². The van der Waals surface area contributed by atoms with Crippen LogP contribution in [0.1, 0.15) is 12.8 Å². The number of nitrogens with two attached hydrogens (primary N) is 1. The summed E-state index contributed by atoms with van der Waals surface area (Å²) < 4.78 is 1.72. The first-order valence-corrected chi connectivity index (χ1v) is 6.18. The minimum absolute atomic E-state index is 0.344. The van der Waals surface area contributed by atoms with Crippen molar-refractivity contribution in [1.82, 2.24) is 24.5 Å². The number of nitrogens with zero attached hydrogens (tertiary/aromatic N) is 6. The highest BCUT2D eigenvalue weighted by molar-refractivity contribution is 5.39. The Morgan fingerprint density at radius 3 is 2.89 bits per heavy atom. The Balaban J connectivity index is 1.92. The van der Waals surface area contributed by atoms with E-state index < -0.39 is 0 Å². The van der Waals surface area contributed by atoms with Gasteiger partial charge in [0, 0.05) is 26.0 Å². The van der Waals surface area contributed by atoms with Crippen LogP contribution >= 0.6 is 0 Å². The third-order valence-electron chi connectivity index (χ3n) is 3.05. The number of rotatable bonds is 5.